The molecule has 4 aromatic carbocycles. The second-order valence-corrected chi connectivity index (χ2v) is 8.04. The van der Waals surface area contributed by atoms with Crippen molar-refractivity contribution >= 4 is 0 Å². The van der Waals surface area contributed by atoms with Crippen LogP contribution in [0.4, 0.5) is 13.2 Å². The van der Waals surface area contributed by atoms with Gasteiger partial charge in [0, 0.05) is 17.7 Å². The Balaban J connectivity index is 1.46. The molecule has 0 amide bonds. The third-order valence-corrected chi connectivity index (χ3v) is 5.57. The van der Waals surface area contributed by atoms with Gasteiger partial charge in [-0.3, -0.25) is 0 Å². The van der Waals surface area contributed by atoms with E-state index >= 15 is 0 Å². The lowest BCUT2D eigenvalue weighted by Gasteiger charge is -2.11. The van der Waals surface area contributed by atoms with E-state index in [1.165, 1.54) is 6.07 Å². The molecule has 0 aliphatic rings. The molecular weight excluding hydrogens is 437 g/mol. The van der Waals surface area contributed by atoms with E-state index in [4.69, 9.17) is 9.47 Å². The molecule has 0 saturated carbocycles. The van der Waals surface area contributed by atoms with Crippen LogP contribution in [0.15, 0.2) is 78.9 Å². The van der Waals surface area contributed by atoms with Gasteiger partial charge in [-0.15, -0.1) is 0 Å². The normalized spacial score (nSPS) is 11.0. The number of aryl methyl sites for hydroxylation is 1. The molecule has 0 aliphatic carbocycles. The summed E-state index contributed by atoms with van der Waals surface area (Å²) < 4.78 is 54.8. The first kappa shape index (κ1) is 23.6. The van der Waals surface area contributed by atoms with Crippen LogP contribution in [-0.4, -0.2) is 6.61 Å². The summed E-state index contributed by atoms with van der Waals surface area (Å²) in [6.45, 7) is 4.87. The summed E-state index contributed by atoms with van der Waals surface area (Å²) in [6, 6.07) is 22.1. The van der Waals surface area contributed by atoms with Gasteiger partial charge in [0.05, 0.1) is 6.61 Å². The molecule has 0 radical (unpaired) electrons. The summed E-state index contributed by atoms with van der Waals surface area (Å²) in [5.41, 5.74) is 4.13. The Hall–Kier alpha value is -3.57. The van der Waals surface area contributed by atoms with Crippen LogP contribution in [0.2, 0.25) is 0 Å². The third kappa shape index (κ3) is 5.32. The second-order valence-electron chi connectivity index (χ2n) is 8.04. The van der Waals surface area contributed by atoms with E-state index in [-0.39, 0.29) is 23.5 Å². The Bertz CT molecular complexity index is 1270. The van der Waals surface area contributed by atoms with Gasteiger partial charge < -0.3 is 9.47 Å². The zero-order valence-corrected chi connectivity index (χ0v) is 19.1. The summed E-state index contributed by atoms with van der Waals surface area (Å²) in [7, 11) is 0. The van der Waals surface area contributed by atoms with Crippen LogP contribution in [0.25, 0.3) is 22.3 Å². The highest BCUT2D eigenvalue weighted by Gasteiger charge is 2.16. The minimum atomic E-state index is -0.892. The lowest BCUT2D eigenvalue weighted by molar-refractivity contribution is 0.133. The largest absolute Gasteiger partial charge is 0.486 e. The van der Waals surface area contributed by atoms with Crippen molar-refractivity contribution in [2.24, 2.45) is 0 Å². The predicted molar refractivity (Wildman–Crippen MR) is 128 cm³/mol. The van der Waals surface area contributed by atoms with Crippen molar-refractivity contribution in [2.45, 2.75) is 27.1 Å². The van der Waals surface area contributed by atoms with Crippen LogP contribution in [-0.2, 0) is 18.0 Å². The molecule has 0 heterocycles. The molecule has 34 heavy (non-hydrogen) atoms. The number of halogens is 3. The molecule has 4 rings (SSSR count). The smallest absolute Gasteiger partial charge is 0.167 e. The Morgan fingerprint density at radius 1 is 0.647 bits per heavy atom. The summed E-state index contributed by atoms with van der Waals surface area (Å²) in [4.78, 5) is 0. The van der Waals surface area contributed by atoms with E-state index in [9.17, 15) is 13.2 Å². The first-order valence-corrected chi connectivity index (χ1v) is 11.1. The van der Waals surface area contributed by atoms with Gasteiger partial charge in [0.2, 0.25) is 0 Å². The Kier molecular flexibility index (Phi) is 7.33. The van der Waals surface area contributed by atoms with Crippen molar-refractivity contribution in [3.05, 3.63) is 113 Å². The van der Waals surface area contributed by atoms with Gasteiger partial charge in [-0.1, -0.05) is 72.3 Å². The lowest BCUT2D eigenvalue weighted by Crippen LogP contribution is -1.99. The molecule has 0 atom stereocenters. The molecule has 0 fully saturated rings. The van der Waals surface area contributed by atoms with Gasteiger partial charge >= 0.3 is 0 Å². The van der Waals surface area contributed by atoms with Gasteiger partial charge in [-0.25, -0.2) is 13.2 Å². The van der Waals surface area contributed by atoms with Gasteiger partial charge in [0.25, 0.3) is 0 Å². The number of benzene rings is 4. The average Bonchev–Trinajstić information content (AvgIpc) is 2.85. The number of hydrogen-bond acceptors (Lipinski definition) is 2. The molecule has 0 aromatic heterocycles. The summed E-state index contributed by atoms with van der Waals surface area (Å²) in [5.74, 6) is -2.09. The van der Waals surface area contributed by atoms with Crippen molar-refractivity contribution in [2.75, 3.05) is 6.61 Å². The molecule has 174 valence electrons. The van der Waals surface area contributed by atoms with Crippen LogP contribution in [0.5, 0.6) is 5.75 Å². The Morgan fingerprint density at radius 3 is 1.76 bits per heavy atom. The van der Waals surface area contributed by atoms with Crippen LogP contribution in [0.1, 0.15) is 23.6 Å². The quantitative estimate of drug-likeness (QED) is 0.265. The van der Waals surface area contributed by atoms with E-state index in [1.54, 1.807) is 60.7 Å². The fourth-order valence-electron chi connectivity index (χ4n) is 3.64. The third-order valence-electron chi connectivity index (χ3n) is 5.57. The Morgan fingerprint density at radius 2 is 1.21 bits per heavy atom. The van der Waals surface area contributed by atoms with Crippen LogP contribution in [0.3, 0.4) is 0 Å². The SMILES string of the molecule is CCOCc1ccc(OCc2ccc(-c3ccc(-c4ccc(C)cc4)c(F)c3F)cc2)c(F)c1. The van der Waals surface area contributed by atoms with E-state index in [2.05, 4.69) is 0 Å². The highest BCUT2D eigenvalue weighted by Crippen LogP contribution is 2.32. The molecule has 0 bridgehead atoms. The summed E-state index contributed by atoms with van der Waals surface area (Å²) >= 11 is 0. The van der Waals surface area contributed by atoms with Gasteiger partial charge in [-0.2, -0.15) is 0 Å². The fourth-order valence-corrected chi connectivity index (χ4v) is 3.64. The topological polar surface area (TPSA) is 18.5 Å². The predicted octanol–water partition coefficient (Wildman–Crippen LogP) is 7.86. The molecule has 0 aliphatic heterocycles. The lowest BCUT2D eigenvalue weighted by atomic mass is 9.98. The van der Waals surface area contributed by atoms with E-state index in [0.717, 1.165) is 16.7 Å². The van der Waals surface area contributed by atoms with Crippen molar-refractivity contribution in [1.29, 1.82) is 0 Å². The fraction of sp³-hybridized carbons (Fsp3) is 0.172. The molecular formula is C29H25F3O2. The maximum absolute atomic E-state index is 14.9. The first-order valence-electron chi connectivity index (χ1n) is 11.1. The van der Waals surface area contributed by atoms with Crippen LogP contribution in [0, 0.1) is 24.4 Å². The highest BCUT2D eigenvalue weighted by atomic mass is 19.2. The van der Waals surface area contributed by atoms with Gasteiger partial charge in [0.1, 0.15) is 6.61 Å². The highest BCUT2D eigenvalue weighted by molar-refractivity contribution is 5.72. The van der Waals surface area contributed by atoms with E-state index in [0.29, 0.717) is 24.3 Å². The molecule has 0 saturated heterocycles. The second kappa shape index (κ2) is 10.6. The van der Waals surface area contributed by atoms with E-state index < -0.39 is 17.5 Å². The van der Waals surface area contributed by atoms with Gasteiger partial charge in [0.15, 0.2) is 23.2 Å². The molecule has 0 spiro atoms. The summed E-state index contributed by atoms with van der Waals surface area (Å²) in [5, 5.41) is 0. The number of hydrogen-bond donors (Lipinski definition) is 0. The van der Waals surface area contributed by atoms with Crippen molar-refractivity contribution in [1.82, 2.24) is 0 Å². The minimum Gasteiger partial charge on any atom is -0.486 e. The van der Waals surface area contributed by atoms with E-state index in [1.807, 2.05) is 26.0 Å². The minimum absolute atomic E-state index is 0.143. The van der Waals surface area contributed by atoms with Gasteiger partial charge in [-0.05, 0) is 48.2 Å². The molecule has 5 heteroatoms. The number of ether oxygens (including phenoxy) is 2. The number of rotatable bonds is 8. The Labute approximate surface area is 197 Å². The van der Waals surface area contributed by atoms with Crippen LogP contribution >= 0.6 is 0 Å². The molecule has 2 nitrogen and oxygen atoms in total. The molecule has 0 N–H and O–H groups in total. The van der Waals surface area contributed by atoms with Crippen molar-refractivity contribution in [3.8, 4) is 28.0 Å². The van der Waals surface area contributed by atoms with Crippen molar-refractivity contribution in [3.63, 3.8) is 0 Å². The zero-order valence-electron chi connectivity index (χ0n) is 19.1. The maximum Gasteiger partial charge on any atom is 0.167 e. The average molecular weight is 463 g/mol. The maximum atomic E-state index is 14.9. The van der Waals surface area contributed by atoms with Crippen LogP contribution < -0.4 is 4.74 Å². The summed E-state index contributed by atoms with van der Waals surface area (Å²) in [6.07, 6.45) is 0. The van der Waals surface area contributed by atoms with Crippen molar-refractivity contribution < 1.29 is 22.6 Å². The standard InChI is InChI=1S/C29H25F3O2/c1-3-33-17-21-8-15-27(26(30)16-21)34-18-20-6-11-23(12-7-20)25-14-13-24(28(31)29(25)32)22-9-4-19(2)5-10-22/h4-16H,3,17-18H2,1-2H3. The molecule has 4 aromatic rings. The first-order chi connectivity index (χ1) is 16.5. The monoisotopic (exact) mass is 462 g/mol. The zero-order chi connectivity index (χ0) is 24.1. The molecule has 0 unspecified atom stereocenters.